The molecule has 0 saturated heterocycles. The van der Waals surface area contributed by atoms with Gasteiger partial charge in [0.2, 0.25) is 0 Å². The lowest BCUT2D eigenvalue weighted by Gasteiger charge is -2.31. The number of carbonyl (C=O) groups is 1. The van der Waals surface area contributed by atoms with E-state index in [2.05, 4.69) is 5.32 Å². The number of anilines is 1. The van der Waals surface area contributed by atoms with Crippen LogP contribution in [-0.4, -0.2) is 41.8 Å². The molecule has 1 saturated carbocycles. The van der Waals surface area contributed by atoms with E-state index in [1.54, 1.807) is 11.9 Å². The van der Waals surface area contributed by atoms with Crippen LogP contribution in [0.2, 0.25) is 0 Å². The van der Waals surface area contributed by atoms with Crippen molar-refractivity contribution in [2.45, 2.75) is 58.3 Å². The lowest BCUT2D eigenvalue weighted by atomic mass is 9.86. The monoisotopic (exact) mass is 334 g/mol. The number of amides is 2. The third-order valence-corrected chi connectivity index (χ3v) is 4.49. The lowest BCUT2D eigenvalue weighted by Crippen LogP contribution is -2.40. The summed E-state index contributed by atoms with van der Waals surface area (Å²) in [6.45, 7) is 5.12. The van der Waals surface area contributed by atoms with E-state index in [0.29, 0.717) is 13.2 Å². The molecule has 1 fully saturated rings. The summed E-state index contributed by atoms with van der Waals surface area (Å²) in [5.74, 6) is 0.181. The fourth-order valence-electron chi connectivity index (χ4n) is 3.06. The minimum atomic E-state index is -0.287. The van der Waals surface area contributed by atoms with Gasteiger partial charge in [0.25, 0.3) is 0 Å². The van der Waals surface area contributed by atoms with Crippen LogP contribution in [0.25, 0.3) is 0 Å². The number of urea groups is 1. The number of rotatable bonds is 6. The van der Waals surface area contributed by atoms with E-state index in [1.165, 1.54) is 0 Å². The van der Waals surface area contributed by atoms with Crippen LogP contribution in [0.15, 0.2) is 24.3 Å². The van der Waals surface area contributed by atoms with E-state index in [0.717, 1.165) is 36.9 Å². The Labute approximate surface area is 145 Å². The highest BCUT2D eigenvalue weighted by Crippen LogP contribution is 2.25. The van der Waals surface area contributed by atoms with Gasteiger partial charge < -0.3 is 20.1 Å². The molecule has 0 spiro atoms. The maximum atomic E-state index is 12.4. The summed E-state index contributed by atoms with van der Waals surface area (Å²) in [6, 6.07) is 7.57. The van der Waals surface area contributed by atoms with Crippen molar-refractivity contribution in [2.24, 2.45) is 5.92 Å². The Kier molecular flexibility index (Phi) is 7.06. The second-order valence-electron chi connectivity index (χ2n) is 6.98. The van der Waals surface area contributed by atoms with Crippen LogP contribution in [0, 0.1) is 5.92 Å². The first-order valence-electron chi connectivity index (χ1n) is 8.86. The number of nitrogens with one attached hydrogen (secondary N) is 1. The van der Waals surface area contributed by atoms with Gasteiger partial charge in [0, 0.05) is 25.2 Å². The molecule has 0 heterocycles. The average Bonchev–Trinajstić information content (AvgIpc) is 2.55. The number of aliphatic hydroxyl groups is 1. The van der Waals surface area contributed by atoms with Crippen molar-refractivity contribution in [3.05, 3.63) is 29.8 Å². The minimum Gasteiger partial charge on any atom is -0.393 e. The molecule has 0 bridgehead atoms. The highest BCUT2D eigenvalue weighted by atomic mass is 16.5. The van der Waals surface area contributed by atoms with E-state index in [4.69, 9.17) is 4.74 Å². The molecule has 5 heteroatoms. The van der Waals surface area contributed by atoms with Crippen LogP contribution < -0.4 is 5.32 Å². The van der Waals surface area contributed by atoms with E-state index >= 15 is 0 Å². The Morgan fingerprint density at radius 2 is 2.12 bits per heavy atom. The van der Waals surface area contributed by atoms with Crippen molar-refractivity contribution in [3.63, 3.8) is 0 Å². The third kappa shape index (κ3) is 5.80. The molecule has 134 valence electrons. The SMILES string of the molecule is CC(C)OCc1cccc(NC(=O)N(C)CC2CCCCC2O)c1. The summed E-state index contributed by atoms with van der Waals surface area (Å²) in [6.07, 6.45) is 3.94. The molecule has 5 nitrogen and oxygen atoms in total. The quantitative estimate of drug-likeness (QED) is 0.835. The molecule has 0 radical (unpaired) electrons. The van der Waals surface area contributed by atoms with E-state index < -0.39 is 0 Å². The van der Waals surface area contributed by atoms with Gasteiger partial charge >= 0.3 is 6.03 Å². The molecule has 1 aromatic rings. The Hall–Kier alpha value is -1.59. The average molecular weight is 334 g/mol. The van der Waals surface area contributed by atoms with Crippen LogP contribution in [0.5, 0.6) is 0 Å². The zero-order chi connectivity index (χ0) is 17.5. The van der Waals surface area contributed by atoms with Gasteiger partial charge in [-0.2, -0.15) is 0 Å². The van der Waals surface area contributed by atoms with Crippen LogP contribution in [-0.2, 0) is 11.3 Å². The fraction of sp³-hybridized carbons (Fsp3) is 0.632. The second-order valence-corrected chi connectivity index (χ2v) is 6.98. The van der Waals surface area contributed by atoms with Gasteiger partial charge in [-0.05, 0) is 44.4 Å². The van der Waals surface area contributed by atoms with Crippen LogP contribution in [0.3, 0.4) is 0 Å². The van der Waals surface area contributed by atoms with Gasteiger partial charge in [-0.15, -0.1) is 0 Å². The molecule has 0 aromatic heterocycles. The van der Waals surface area contributed by atoms with E-state index in [1.807, 2.05) is 38.1 Å². The molecule has 0 aliphatic heterocycles. The van der Waals surface area contributed by atoms with Gasteiger partial charge in [0.1, 0.15) is 0 Å². The molecule has 2 N–H and O–H groups in total. The molecule has 1 aliphatic rings. The summed E-state index contributed by atoms with van der Waals surface area (Å²) in [5.41, 5.74) is 1.80. The number of nitrogens with zero attached hydrogens (tertiary/aromatic N) is 1. The van der Waals surface area contributed by atoms with Gasteiger partial charge in [0.05, 0.1) is 18.8 Å². The number of ether oxygens (including phenoxy) is 1. The molecule has 1 aromatic carbocycles. The highest BCUT2D eigenvalue weighted by Gasteiger charge is 2.25. The predicted octanol–water partition coefficient (Wildman–Crippen LogP) is 3.63. The van der Waals surface area contributed by atoms with Crippen molar-refractivity contribution < 1.29 is 14.6 Å². The van der Waals surface area contributed by atoms with Crippen molar-refractivity contribution >= 4 is 11.7 Å². The van der Waals surface area contributed by atoms with E-state index in [-0.39, 0.29) is 24.2 Å². The Balaban J connectivity index is 1.87. The standard InChI is InChI=1S/C19H30N2O3/c1-14(2)24-13-15-7-6-9-17(11-15)20-19(23)21(3)12-16-8-4-5-10-18(16)22/h6-7,9,11,14,16,18,22H,4-5,8,10,12-13H2,1-3H3,(H,20,23). The Morgan fingerprint density at radius 1 is 1.38 bits per heavy atom. The second kappa shape index (κ2) is 9.04. The molecule has 2 rings (SSSR count). The zero-order valence-electron chi connectivity index (χ0n) is 15.0. The van der Waals surface area contributed by atoms with Crippen molar-refractivity contribution in [1.82, 2.24) is 4.90 Å². The van der Waals surface area contributed by atoms with Crippen LogP contribution in [0.4, 0.5) is 10.5 Å². The highest BCUT2D eigenvalue weighted by molar-refractivity contribution is 5.89. The summed E-state index contributed by atoms with van der Waals surface area (Å²) in [4.78, 5) is 14.0. The third-order valence-electron chi connectivity index (χ3n) is 4.49. The molecule has 2 atom stereocenters. The van der Waals surface area contributed by atoms with Gasteiger partial charge in [-0.25, -0.2) is 4.79 Å². The largest absolute Gasteiger partial charge is 0.393 e. The van der Waals surface area contributed by atoms with E-state index in [9.17, 15) is 9.90 Å². The summed E-state index contributed by atoms with van der Waals surface area (Å²) in [5, 5.41) is 13.0. The van der Waals surface area contributed by atoms with Gasteiger partial charge in [-0.3, -0.25) is 0 Å². The lowest BCUT2D eigenvalue weighted by molar-refractivity contribution is 0.0575. The smallest absolute Gasteiger partial charge is 0.321 e. The number of hydrogen-bond acceptors (Lipinski definition) is 3. The Bertz CT molecular complexity index is 533. The van der Waals surface area contributed by atoms with Crippen molar-refractivity contribution in [3.8, 4) is 0 Å². The normalized spacial score (nSPS) is 20.9. The summed E-state index contributed by atoms with van der Waals surface area (Å²) >= 11 is 0. The van der Waals surface area contributed by atoms with Crippen molar-refractivity contribution in [2.75, 3.05) is 18.9 Å². The topological polar surface area (TPSA) is 61.8 Å². The molecule has 1 aliphatic carbocycles. The summed E-state index contributed by atoms with van der Waals surface area (Å²) < 4.78 is 5.60. The molecular weight excluding hydrogens is 304 g/mol. The van der Waals surface area contributed by atoms with Crippen LogP contribution >= 0.6 is 0 Å². The van der Waals surface area contributed by atoms with Crippen molar-refractivity contribution in [1.29, 1.82) is 0 Å². The number of carbonyl (C=O) groups excluding carboxylic acids is 1. The predicted molar refractivity (Wildman–Crippen MR) is 96.0 cm³/mol. The maximum Gasteiger partial charge on any atom is 0.321 e. The van der Waals surface area contributed by atoms with Gasteiger partial charge in [-0.1, -0.05) is 25.0 Å². The minimum absolute atomic E-state index is 0.144. The van der Waals surface area contributed by atoms with Crippen LogP contribution in [0.1, 0.15) is 45.1 Å². The first kappa shape index (κ1) is 18.7. The van der Waals surface area contributed by atoms with Gasteiger partial charge in [0.15, 0.2) is 0 Å². The molecule has 2 amide bonds. The molecule has 24 heavy (non-hydrogen) atoms. The first-order valence-corrected chi connectivity index (χ1v) is 8.86. The fourth-order valence-corrected chi connectivity index (χ4v) is 3.06. The molecular formula is C19H30N2O3. The Morgan fingerprint density at radius 3 is 2.83 bits per heavy atom. The summed E-state index contributed by atoms with van der Waals surface area (Å²) in [7, 11) is 1.78. The number of aliphatic hydroxyl groups excluding tert-OH is 1. The maximum absolute atomic E-state index is 12.4. The molecule has 2 unspecified atom stereocenters. The number of benzene rings is 1. The zero-order valence-corrected chi connectivity index (χ0v) is 15.0. The first-order chi connectivity index (χ1) is 11.5. The number of hydrogen-bond donors (Lipinski definition) is 2.